The summed E-state index contributed by atoms with van der Waals surface area (Å²) in [4.78, 5) is 10.9. The molecule has 0 unspecified atom stereocenters. The molecule has 118 heavy (non-hydrogen) atoms. The van der Waals surface area contributed by atoms with Crippen LogP contribution >= 0.6 is 23.2 Å². The lowest BCUT2D eigenvalue weighted by Gasteiger charge is -2.38. The number of nitrogens with two attached hydrogens (primary N) is 2. The van der Waals surface area contributed by atoms with E-state index in [9.17, 15) is 39.3 Å². The summed E-state index contributed by atoms with van der Waals surface area (Å²) < 4.78 is 208. The van der Waals surface area contributed by atoms with Crippen LogP contribution in [0.4, 0.5) is 88.4 Å². The molecule has 0 radical (unpaired) electrons. The van der Waals surface area contributed by atoms with Crippen molar-refractivity contribution < 1.29 is 74.9 Å². The lowest BCUT2D eigenvalue weighted by molar-refractivity contribution is -0.425. The van der Waals surface area contributed by atoms with Gasteiger partial charge in [0, 0.05) is 113 Å². The van der Waals surface area contributed by atoms with Gasteiger partial charge in [-0.1, -0.05) is 236 Å². The maximum Gasteiger partial charge on any atom is 0.762 e. The molecule has 4 N–H and O–H groups in total. The molecule has 0 amide bonds. The number of pyridine rings is 2. The van der Waals surface area contributed by atoms with Gasteiger partial charge in [0.1, 0.15) is 24.5 Å². The van der Waals surface area contributed by atoms with Crippen molar-refractivity contribution >= 4 is 103 Å². The van der Waals surface area contributed by atoms with Gasteiger partial charge in [0.25, 0.3) is 0 Å². The fourth-order valence-corrected chi connectivity index (χ4v) is 15.7. The number of benzene rings is 10. The SMILES string of the molecule is CC(C)c1cccc(C(C)C)c1N1C=[N+](c2c(C(C)C)cccc2C(C)C)CC1.Clc1ccccc1-c1ccccc1Cl.FB(F)F.FC(F)(F)C(c1ccc(-n2c3ccccc3c3cnccc32)cc1)(c1ccc(-n2c3ccccc3c3cnccc32)cc1)C(F)(F)F.Nc1ccc(C(c2ccc(N)cc2)(C(F)(F)F)C(F)(F)F)cc1.[F-]. The fraction of sp³-hybridized carbons (Fsp3) is 0.220. The molecule has 0 atom stereocenters. The maximum atomic E-state index is 15.1. The Kier molecular flexibility index (Phi) is 27.4. The van der Waals surface area contributed by atoms with E-state index in [2.05, 4.69) is 118 Å². The second-order valence-electron chi connectivity index (χ2n) is 29.2. The van der Waals surface area contributed by atoms with Crippen molar-refractivity contribution in [2.75, 3.05) is 29.5 Å². The van der Waals surface area contributed by atoms with Gasteiger partial charge in [0.05, 0.1) is 22.1 Å². The maximum absolute atomic E-state index is 15.1. The Balaban J connectivity index is 0.000000177. The molecule has 1 aliphatic rings. The Morgan fingerprint density at radius 3 is 0.992 bits per heavy atom. The topological polar surface area (TPSA) is 93.9 Å². The Morgan fingerprint density at radius 2 is 0.669 bits per heavy atom. The lowest BCUT2D eigenvalue weighted by atomic mass is 9.73. The van der Waals surface area contributed by atoms with E-state index in [-0.39, 0.29) is 16.1 Å². The van der Waals surface area contributed by atoms with Gasteiger partial charge in [-0.3, -0.25) is 22.9 Å². The Labute approximate surface area is 682 Å². The lowest BCUT2D eigenvalue weighted by Crippen LogP contribution is -3.00. The van der Waals surface area contributed by atoms with E-state index in [1.807, 2.05) is 97.1 Å². The average Bonchev–Trinajstić information content (AvgIpc) is 1.14. The number of alkyl halides is 12. The van der Waals surface area contributed by atoms with Crippen LogP contribution in [0.15, 0.2) is 267 Å². The molecule has 0 saturated heterocycles. The van der Waals surface area contributed by atoms with Crippen molar-refractivity contribution in [2.45, 2.75) is 115 Å². The normalized spacial score (nSPS) is 12.7. The standard InChI is InChI=1S/C37H22F6N4.C27H39N2.C15H12F6N2.C12H8Cl2.BF3.FH/c38-36(39,40)35(37(41,42)43,23-9-13-25(14-10-23)46-31-7-3-1-5-27(31)29-21-44-19-17-33(29)46)24-11-15-26(16-12-24)47-32-8-4-2-6-28(32)30-22-45-20-18-34(30)47;1-18(2)22-11-9-12-23(19(3)4)26(22)28-15-16-29(17-28)27-24(20(5)6)13-10-14-25(27)21(7)8;16-14(17,18)13(15(19,20)21,9-1-5-11(22)6-2-9)10-3-7-12(23)8-4-10;13-11-7-3-1-5-9(11)10-6-2-4-8-12(10)14;2-1(3)4;/h1-22H;9-14,17-21H,15-16H2,1-8H3;1-8H,22-23H2;1-8H;;1H/q;+1;;;;/p-1. The molecule has 14 aromatic rings. The van der Waals surface area contributed by atoms with E-state index in [1.54, 1.807) is 46.1 Å². The van der Waals surface area contributed by atoms with Gasteiger partial charge in [-0.2, -0.15) is 52.7 Å². The molecule has 4 aromatic heterocycles. The number of nitrogens with zero attached hydrogens (tertiary/aromatic N) is 6. The molecule has 27 heteroatoms. The minimum atomic E-state index is -5.72. The second kappa shape index (κ2) is 36.3. The van der Waals surface area contributed by atoms with E-state index in [0.29, 0.717) is 35.0 Å². The largest absolute Gasteiger partial charge is 1.00 e. The predicted octanol–water partition coefficient (Wildman–Crippen LogP) is 24.3. The molecule has 0 aliphatic carbocycles. The van der Waals surface area contributed by atoms with Gasteiger partial charge in [-0.15, -0.1) is 0 Å². The average molecular weight is 1670 g/mol. The molecule has 614 valence electrons. The number of hydrogen-bond donors (Lipinski definition) is 2. The van der Waals surface area contributed by atoms with Gasteiger partial charge in [0.15, 0.2) is 0 Å². The minimum Gasteiger partial charge on any atom is -1.00 e. The molecule has 5 heterocycles. The van der Waals surface area contributed by atoms with Crippen molar-refractivity contribution in [3.05, 3.63) is 322 Å². The number of para-hydroxylation sites is 4. The molecule has 0 saturated carbocycles. The second-order valence-corrected chi connectivity index (χ2v) is 30.0. The predicted molar refractivity (Wildman–Crippen MR) is 443 cm³/mol. The number of halogens is 18. The summed E-state index contributed by atoms with van der Waals surface area (Å²) >= 11 is 12.1. The van der Waals surface area contributed by atoms with E-state index in [1.165, 1.54) is 57.9 Å². The number of hydrogen-bond acceptors (Lipinski definition) is 5. The molecule has 1 aliphatic heterocycles. The van der Waals surface area contributed by atoms with E-state index >= 15 is 26.3 Å². The summed E-state index contributed by atoms with van der Waals surface area (Å²) in [6, 6.07) is 63.2. The monoisotopic (exact) mass is 1670 g/mol. The Hall–Kier alpha value is -11.3. The fourth-order valence-electron chi connectivity index (χ4n) is 15.2. The van der Waals surface area contributed by atoms with Crippen LogP contribution in [0.25, 0.3) is 66.1 Å². The van der Waals surface area contributed by atoms with Crippen LogP contribution < -0.4 is 21.1 Å². The highest BCUT2D eigenvalue weighted by molar-refractivity contribution is 6.36. The summed E-state index contributed by atoms with van der Waals surface area (Å²) in [5.74, 6) is 2.06. The summed E-state index contributed by atoms with van der Waals surface area (Å²) in [5.41, 5.74) is 13.0. The molecule has 0 fully saturated rings. The molecule has 0 bridgehead atoms. The molecule has 10 aromatic carbocycles. The Morgan fingerprint density at radius 1 is 0.373 bits per heavy atom. The van der Waals surface area contributed by atoms with Crippen LogP contribution in [-0.4, -0.2) is 75.4 Å². The number of anilines is 3. The van der Waals surface area contributed by atoms with Crippen molar-refractivity contribution in [3.8, 4) is 22.5 Å². The van der Waals surface area contributed by atoms with Crippen LogP contribution in [0.5, 0.6) is 0 Å². The van der Waals surface area contributed by atoms with Crippen LogP contribution in [-0.2, 0) is 10.8 Å². The number of rotatable bonds is 13. The van der Waals surface area contributed by atoms with Crippen LogP contribution in [0, 0.1) is 0 Å². The number of nitrogen functional groups attached to an aromatic ring is 2. The van der Waals surface area contributed by atoms with Gasteiger partial charge < -0.3 is 25.3 Å². The first kappa shape index (κ1) is 89.0. The minimum absolute atomic E-state index is 0. The summed E-state index contributed by atoms with van der Waals surface area (Å²) in [6.07, 6.45) is -13.7. The van der Waals surface area contributed by atoms with Crippen LogP contribution in [0.2, 0.25) is 10.0 Å². The van der Waals surface area contributed by atoms with Crippen molar-refractivity contribution in [2.24, 2.45) is 0 Å². The Bertz CT molecular complexity index is 5360. The van der Waals surface area contributed by atoms with Crippen LogP contribution in [0.1, 0.15) is 124 Å². The summed E-state index contributed by atoms with van der Waals surface area (Å²) in [6.45, 7) is 20.5. The third kappa shape index (κ3) is 17.8. The van der Waals surface area contributed by atoms with Crippen molar-refractivity contribution in [1.82, 2.24) is 19.1 Å². The van der Waals surface area contributed by atoms with E-state index < -0.39 is 65.3 Å². The molecule has 15 rings (SSSR count). The number of fused-ring (bicyclic) bond motifs is 6. The highest BCUT2D eigenvalue weighted by Crippen LogP contribution is 2.58. The quantitative estimate of drug-likeness (QED) is 0.0519. The first-order valence-electron chi connectivity index (χ1n) is 37.3. The van der Waals surface area contributed by atoms with Gasteiger partial charge in [0.2, 0.25) is 17.2 Å². The van der Waals surface area contributed by atoms with Crippen molar-refractivity contribution in [1.29, 1.82) is 0 Å². The van der Waals surface area contributed by atoms with Gasteiger partial charge >= 0.3 is 32.2 Å². The third-order valence-electron chi connectivity index (χ3n) is 20.6. The summed E-state index contributed by atoms with van der Waals surface area (Å²) in [5, 5.41) is 4.79. The first-order valence-corrected chi connectivity index (χ1v) is 38.0. The summed E-state index contributed by atoms with van der Waals surface area (Å²) in [7, 11) is -3.67. The highest BCUT2D eigenvalue weighted by atomic mass is 35.5. The van der Waals surface area contributed by atoms with E-state index in [4.69, 9.17) is 34.7 Å². The zero-order valence-electron chi connectivity index (χ0n) is 64.9. The first-order chi connectivity index (χ1) is 55.3. The zero-order valence-corrected chi connectivity index (χ0v) is 66.4. The zero-order chi connectivity index (χ0) is 84.9. The highest BCUT2D eigenvalue weighted by Gasteiger charge is 2.73. The molecule has 0 spiro atoms. The molecular formula is C91H81BCl2F16N8. The molecular weight excluding hydrogens is 1590 g/mol. The number of aromatic nitrogens is 4. The third-order valence-corrected chi connectivity index (χ3v) is 21.3. The smallest absolute Gasteiger partial charge is 0.762 e. The van der Waals surface area contributed by atoms with Gasteiger partial charge in [-0.05, 0) is 131 Å². The van der Waals surface area contributed by atoms with Crippen molar-refractivity contribution in [3.63, 3.8) is 0 Å². The molecule has 8 nitrogen and oxygen atoms in total. The van der Waals surface area contributed by atoms with E-state index in [0.717, 1.165) is 151 Å². The van der Waals surface area contributed by atoms with Crippen LogP contribution in [0.3, 0.4) is 0 Å². The van der Waals surface area contributed by atoms with Gasteiger partial charge in [-0.25, -0.2) is 9.48 Å².